The number of carbonyl (C=O) groups is 2. The number of rotatable bonds is 18. The van der Waals surface area contributed by atoms with Gasteiger partial charge in [0.15, 0.2) is 0 Å². The first kappa shape index (κ1) is 42.9. The van der Waals surface area contributed by atoms with E-state index in [4.69, 9.17) is 18.9 Å². The Morgan fingerprint density at radius 1 is 0.827 bits per heavy atom. The molecule has 8 atom stereocenters. The lowest BCUT2D eigenvalue weighted by Gasteiger charge is -2.58. The minimum atomic E-state index is -0.510. The molecular weight excluding hydrogens is 652 g/mol. The monoisotopic (exact) mass is 731 g/mol. The van der Waals surface area contributed by atoms with Gasteiger partial charge in [-0.1, -0.05) is 86.3 Å². The van der Waals surface area contributed by atoms with Gasteiger partial charge in [0.2, 0.25) is 0 Å². The molecule has 0 bridgehead atoms. The van der Waals surface area contributed by atoms with Crippen LogP contribution in [0, 0.1) is 51.8 Å². The molecule has 52 heavy (non-hydrogen) atoms. The second-order valence-corrected chi connectivity index (χ2v) is 19.8. The Kier molecular flexibility index (Phi) is 15.4. The smallest absolute Gasteiger partial charge is 0.407 e. The zero-order valence-corrected chi connectivity index (χ0v) is 35.0. The molecule has 0 aromatic carbocycles. The average molecular weight is 731 g/mol. The summed E-state index contributed by atoms with van der Waals surface area (Å²) in [5.41, 5.74) is 2.00. The van der Waals surface area contributed by atoms with E-state index < -0.39 is 11.7 Å². The van der Waals surface area contributed by atoms with Crippen molar-refractivity contribution in [3.63, 3.8) is 0 Å². The molecule has 4 aliphatic carbocycles. The van der Waals surface area contributed by atoms with E-state index in [0.29, 0.717) is 44.9 Å². The molecule has 300 valence electrons. The summed E-state index contributed by atoms with van der Waals surface area (Å²) >= 11 is 0. The van der Waals surface area contributed by atoms with E-state index in [0.717, 1.165) is 67.6 Å². The molecule has 4 aliphatic rings. The van der Waals surface area contributed by atoms with Gasteiger partial charge in [0.05, 0.1) is 26.4 Å². The van der Waals surface area contributed by atoms with Crippen LogP contribution < -0.4 is 10.6 Å². The van der Waals surface area contributed by atoms with E-state index in [1.54, 1.807) is 5.57 Å². The average Bonchev–Trinajstić information content (AvgIpc) is 3.41. The van der Waals surface area contributed by atoms with Gasteiger partial charge in [-0.25, -0.2) is 9.59 Å². The molecule has 3 saturated carbocycles. The van der Waals surface area contributed by atoms with Gasteiger partial charge in [0.1, 0.15) is 11.7 Å². The van der Waals surface area contributed by atoms with Crippen LogP contribution in [0.15, 0.2) is 11.6 Å². The fraction of sp³-hybridized carbons (Fsp3) is 0.909. The number of nitrogens with one attached hydrogen (secondary N) is 2. The third-order valence-electron chi connectivity index (χ3n) is 13.8. The van der Waals surface area contributed by atoms with E-state index in [1.807, 2.05) is 13.8 Å². The lowest BCUT2D eigenvalue weighted by Crippen LogP contribution is -2.51. The molecule has 8 heteroatoms. The summed E-state index contributed by atoms with van der Waals surface area (Å²) in [6.07, 6.45) is 17.4. The number of fused-ring (bicyclic) bond motifs is 5. The van der Waals surface area contributed by atoms with Crippen molar-refractivity contribution in [3.05, 3.63) is 11.6 Å². The van der Waals surface area contributed by atoms with E-state index in [9.17, 15) is 9.59 Å². The molecule has 0 aliphatic heterocycles. The standard InChI is InChI=1S/C44H78N2O6/c1-31(2)12-11-13-32(3)36-16-17-37-35-15-14-33-30-34(18-20-43(33,9)38(35)19-21-44(36,37)10)51-39(47)45-24-26-49-28-29-50-27-25-46-40(48)52-42(7,8)23-22-41(4,5)6/h14,31-32,34-38H,11-13,15-30H2,1-10H3,(H,45,47)(H,46,48)/t32?,34-,35?,36?,37?,38?,43-,44+/m0/s1. The number of hydrogen-bond acceptors (Lipinski definition) is 6. The number of carbonyl (C=O) groups excluding carboxylic acids is 2. The van der Waals surface area contributed by atoms with Gasteiger partial charge in [-0.15, -0.1) is 0 Å². The number of alkyl carbamates (subject to hydrolysis) is 2. The Hall–Kier alpha value is -1.80. The Balaban J connectivity index is 1.08. The second kappa shape index (κ2) is 18.7. The third kappa shape index (κ3) is 11.8. The largest absolute Gasteiger partial charge is 0.446 e. The molecule has 0 aromatic rings. The van der Waals surface area contributed by atoms with E-state index in [2.05, 4.69) is 72.1 Å². The number of allylic oxidation sites excluding steroid dienone is 1. The molecule has 0 spiro atoms. The predicted octanol–water partition coefficient (Wildman–Crippen LogP) is 10.5. The molecule has 2 N–H and O–H groups in total. The van der Waals surface area contributed by atoms with Crippen molar-refractivity contribution < 1.29 is 28.5 Å². The van der Waals surface area contributed by atoms with Gasteiger partial charge in [-0.05, 0) is 123 Å². The Morgan fingerprint density at radius 3 is 2.15 bits per heavy atom. The molecule has 2 amide bonds. The van der Waals surface area contributed by atoms with Crippen molar-refractivity contribution in [1.82, 2.24) is 10.6 Å². The molecule has 5 unspecified atom stereocenters. The van der Waals surface area contributed by atoms with Crippen molar-refractivity contribution in [2.75, 3.05) is 39.5 Å². The highest BCUT2D eigenvalue weighted by atomic mass is 16.6. The van der Waals surface area contributed by atoms with Crippen LogP contribution in [-0.2, 0) is 18.9 Å². The van der Waals surface area contributed by atoms with Crippen molar-refractivity contribution in [2.45, 2.75) is 164 Å². The minimum Gasteiger partial charge on any atom is -0.446 e. The van der Waals surface area contributed by atoms with Crippen molar-refractivity contribution in [1.29, 1.82) is 0 Å². The molecule has 0 saturated heterocycles. The summed E-state index contributed by atoms with van der Waals surface area (Å²) in [6.45, 7) is 25.3. The van der Waals surface area contributed by atoms with Gasteiger partial charge in [-0.3, -0.25) is 0 Å². The third-order valence-corrected chi connectivity index (χ3v) is 13.8. The maximum absolute atomic E-state index is 12.7. The number of ether oxygens (including phenoxy) is 4. The first-order valence-corrected chi connectivity index (χ1v) is 21.2. The van der Waals surface area contributed by atoms with Gasteiger partial charge in [0.25, 0.3) is 0 Å². The first-order valence-electron chi connectivity index (χ1n) is 21.2. The summed E-state index contributed by atoms with van der Waals surface area (Å²) in [4.78, 5) is 24.8. The van der Waals surface area contributed by atoms with E-state index >= 15 is 0 Å². The van der Waals surface area contributed by atoms with Crippen LogP contribution in [0.3, 0.4) is 0 Å². The highest BCUT2D eigenvalue weighted by Crippen LogP contribution is 2.67. The Morgan fingerprint density at radius 2 is 1.50 bits per heavy atom. The van der Waals surface area contributed by atoms with Crippen LogP contribution in [0.5, 0.6) is 0 Å². The van der Waals surface area contributed by atoms with Crippen LogP contribution in [0.1, 0.15) is 153 Å². The zero-order chi connectivity index (χ0) is 38.2. The first-order chi connectivity index (χ1) is 24.4. The summed E-state index contributed by atoms with van der Waals surface area (Å²) in [5, 5.41) is 5.62. The molecule has 0 radical (unpaired) electrons. The topological polar surface area (TPSA) is 95.1 Å². The zero-order valence-electron chi connectivity index (χ0n) is 35.0. The lowest BCUT2D eigenvalue weighted by molar-refractivity contribution is -0.0581. The summed E-state index contributed by atoms with van der Waals surface area (Å²) in [6, 6.07) is 0. The molecular formula is C44H78N2O6. The van der Waals surface area contributed by atoms with Crippen LogP contribution in [0.25, 0.3) is 0 Å². The van der Waals surface area contributed by atoms with Gasteiger partial charge >= 0.3 is 12.2 Å². The van der Waals surface area contributed by atoms with Crippen LogP contribution in [-0.4, -0.2) is 63.4 Å². The molecule has 4 rings (SSSR count). The van der Waals surface area contributed by atoms with Crippen molar-refractivity contribution >= 4 is 12.2 Å². The molecule has 3 fully saturated rings. The number of hydrogen-bond donors (Lipinski definition) is 2. The summed E-state index contributed by atoms with van der Waals surface area (Å²) in [7, 11) is 0. The van der Waals surface area contributed by atoms with Crippen LogP contribution >= 0.6 is 0 Å². The summed E-state index contributed by atoms with van der Waals surface area (Å²) in [5.74, 6) is 4.99. The molecule has 0 heterocycles. The van der Waals surface area contributed by atoms with Crippen LogP contribution in [0.2, 0.25) is 0 Å². The van der Waals surface area contributed by atoms with E-state index in [1.165, 1.54) is 51.4 Å². The van der Waals surface area contributed by atoms with Crippen LogP contribution in [0.4, 0.5) is 9.59 Å². The normalized spacial score (nSPS) is 30.8. The maximum Gasteiger partial charge on any atom is 0.407 e. The fourth-order valence-corrected chi connectivity index (χ4v) is 10.7. The predicted molar refractivity (Wildman–Crippen MR) is 210 cm³/mol. The Bertz CT molecular complexity index is 1180. The van der Waals surface area contributed by atoms with Gasteiger partial charge in [0, 0.05) is 19.5 Å². The lowest BCUT2D eigenvalue weighted by atomic mass is 9.47. The fourth-order valence-electron chi connectivity index (χ4n) is 10.7. The SMILES string of the molecule is CC(C)CCCC(C)C1CCC2C3CC=C4C[C@@H](OC(=O)NCCOCCOCCNC(=O)OC(C)(C)CCC(C)(C)C)CC[C@]4(C)C3CC[C@]12C. The highest BCUT2D eigenvalue weighted by Gasteiger charge is 2.59. The van der Waals surface area contributed by atoms with Gasteiger partial charge < -0.3 is 29.6 Å². The summed E-state index contributed by atoms with van der Waals surface area (Å²) < 4.78 is 22.7. The number of amides is 2. The second-order valence-electron chi connectivity index (χ2n) is 19.8. The maximum atomic E-state index is 12.7. The highest BCUT2D eigenvalue weighted by molar-refractivity contribution is 5.67. The Labute approximate surface area is 318 Å². The van der Waals surface area contributed by atoms with Crippen molar-refractivity contribution in [3.8, 4) is 0 Å². The molecule has 8 nitrogen and oxygen atoms in total. The van der Waals surface area contributed by atoms with E-state index in [-0.39, 0.29) is 23.0 Å². The van der Waals surface area contributed by atoms with Gasteiger partial charge in [-0.2, -0.15) is 0 Å². The minimum absolute atomic E-state index is 0.0537. The quantitative estimate of drug-likeness (QED) is 0.108. The van der Waals surface area contributed by atoms with Crippen molar-refractivity contribution in [2.24, 2.45) is 51.8 Å². The molecule has 0 aromatic heterocycles.